The first-order valence-electron chi connectivity index (χ1n) is 4.16. The molecule has 9 heteroatoms. The first kappa shape index (κ1) is 14.6. The SMILES string of the molecule is O=C(O)c1cc(C(F)(F)F)c(Cl)cc1C(F)(F)F. The maximum atomic E-state index is 12.4. The van der Waals surface area contributed by atoms with Gasteiger partial charge in [0.15, 0.2) is 0 Å². The molecular formula is C9H3ClF6O2. The predicted molar refractivity (Wildman–Crippen MR) is 48.4 cm³/mol. The normalized spacial score (nSPS) is 12.6. The minimum absolute atomic E-state index is 0.0478. The minimum Gasteiger partial charge on any atom is -0.478 e. The molecule has 1 N–H and O–H groups in total. The highest BCUT2D eigenvalue weighted by molar-refractivity contribution is 6.31. The number of carboxylic acids is 1. The molecule has 0 saturated heterocycles. The molecule has 0 heterocycles. The Bertz CT molecular complexity index is 491. The van der Waals surface area contributed by atoms with Gasteiger partial charge in [0.05, 0.1) is 21.7 Å². The summed E-state index contributed by atoms with van der Waals surface area (Å²) in [6.07, 6.45) is -10.1. The van der Waals surface area contributed by atoms with Crippen LogP contribution in [0.5, 0.6) is 0 Å². The van der Waals surface area contributed by atoms with E-state index in [4.69, 9.17) is 16.7 Å². The largest absolute Gasteiger partial charge is 0.478 e. The number of halogens is 7. The summed E-state index contributed by atoms with van der Waals surface area (Å²) in [5, 5.41) is 7.29. The van der Waals surface area contributed by atoms with Crippen molar-refractivity contribution in [2.75, 3.05) is 0 Å². The summed E-state index contributed by atoms with van der Waals surface area (Å²) >= 11 is 5.08. The van der Waals surface area contributed by atoms with Crippen LogP contribution in [-0.2, 0) is 12.4 Å². The van der Waals surface area contributed by atoms with Gasteiger partial charge in [-0.3, -0.25) is 0 Å². The third kappa shape index (κ3) is 2.87. The number of rotatable bonds is 1. The maximum absolute atomic E-state index is 12.4. The first-order valence-corrected chi connectivity index (χ1v) is 4.53. The fourth-order valence-electron chi connectivity index (χ4n) is 1.20. The molecule has 0 spiro atoms. The van der Waals surface area contributed by atoms with Crippen molar-refractivity contribution in [1.82, 2.24) is 0 Å². The highest BCUT2D eigenvalue weighted by Crippen LogP contribution is 2.40. The van der Waals surface area contributed by atoms with Gasteiger partial charge in [0.1, 0.15) is 0 Å². The van der Waals surface area contributed by atoms with Gasteiger partial charge in [-0.05, 0) is 12.1 Å². The molecule has 0 radical (unpaired) electrons. The van der Waals surface area contributed by atoms with Crippen LogP contribution in [-0.4, -0.2) is 11.1 Å². The summed E-state index contributed by atoms with van der Waals surface area (Å²) in [6, 6.07) is -0.179. The molecule has 1 aromatic carbocycles. The number of aromatic carboxylic acids is 1. The highest BCUT2D eigenvalue weighted by Gasteiger charge is 2.40. The van der Waals surface area contributed by atoms with Crippen molar-refractivity contribution in [3.63, 3.8) is 0 Å². The van der Waals surface area contributed by atoms with E-state index in [0.717, 1.165) is 0 Å². The van der Waals surface area contributed by atoms with Gasteiger partial charge in [-0.25, -0.2) is 4.79 Å². The van der Waals surface area contributed by atoms with E-state index in [0.29, 0.717) is 0 Å². The Morgan fingerprint density at radius 1 is 1.00 bits per heavy atom. The van der Waals surface area contributed by atoms with Gasteiger partial charge in [0, 0.05) is 0 Å². The molecule has 18 heavy (non-hydrogen) atoms. The zero-order chi connectivity index (χ0) is 14.3. The molecule has 0 fully saturated rings. The van der Waals surface area contributed by atoms with Crippen LogP contribution < -0.4 is 0 Å². The average molecular weight is 293 g/mol. The maximum Gasteiger partial charge on any atom is 0.417 e. The third-order valence-corrected chi connectivity index (χ3v) is 2.26. The van der Waals surface area contributed by atoms with Gasteiger partial charge < -0.3 is 5.11 Å². The van der Waals surface area contributed by atoms with Crippen molar-refractivity contribution < 1.29 is 36.2 Å². The quantitative estimate of drug-likeness (QED) is 0.792. The minimum atomic E-state index is -5.11. The van der Waals surface area contributed by atoms with Crippen molar-refractivity contribution in [1.29, 1.82) is 0 Å². The van der Waals surface area contributed by atoms with Crippen molar-refractivity contribution in [2.45, 2.75) is 12.4 Å². The highest BCUT2D eigenvalue weighted by atomic mass is 35.5. The van der Waals surface area contributed by atoms with E-state index in [1.807, 2.05) is 0 Å². The summed E-state index contributed by atoms with van der Waals surface area (Å²) in [5.41, 5.74) is -4.86. The van der Waals surface area contributed by atoms with E-state index in [1.54, 1.807) is 0 Å². The summed E-state index contributed by atoms with van der Waals surface area (Å²) in [6.45, 7) is 0. The lowest BCUT2D eigenvalue weighted by molar-refractivity contribution is -0.141. The lowest BCUT2D eigenvalue weighted by Gasteiger charge is -2.15. The fraction of sp³-hybridized carbons (Fsp3) is 0.222. The number of carbonyl (C=O) groups is 1. The Labute approximate surface area is 101 Å². The molecule has 0 saturated carbocycles. The molecule has 0 aromatic heterocycles. The summed E-state index contributed by atoms with van der Waals surface area (Å²) in [7, 11) is 0. The van der Waals surface area contributed by atoms with E-state index < -0.39 is 40.0 Å². The second-order valence-corrected chi connectivity index (χ2v) is 3.59. The van der Waals surface area contributed by atoms with Gasteiger partial charge in [-0.1, -0.05) is 11.6 Å². The Hall–Kier alpha value is -1.44. The van der Waals surface area contributed by atoms with Crippen LogP contribution in [0.4, 0.5) is 26.3 Å². The molecule has 1 aromatic rings. The van der Waals surface area contributed by atoms with E-state index in [2.05, 4.69) is 0 Å². The van der Waals surface area contributed by atoms with Crippen LogP contribution in [0, 0.1) is 0 Å². The number of hydrogen-bond donors (Lipinski definition) is 1. The van der Waals surface area contributed by atoms with E-state index in [-0.39, 0.29) is 12.1 Å². The molecule has 0 aliphatic heterocycles. The summed E-state index contributed by atoms with van der Waals surface area (Å²) in [4.78, 5) is 10.5. The lowest BCUT2D eigenvalue weighted by Crippen LogP contribution is -2.16. The Kier molecular flexibility index (Phi) is 3.53. The second kappa shape index (κ2) is 4.34. The Balaban J connectivity index is 3.60. The molecule has 0 aliphatic carbocycles. The number of carboxylic acid groups (broad SMARTS) is 1. The lowest BCUT2D eigenvalue weighted by atomic mass is 10.0. The van der Waals surface area contributed by atoms with Crippen molar-refractivity contribution in [3.8, 4) is 0 Å². The molecule has 0 aliphatic rings. The van der Waals surface area contributed by atoms with Gasteiger partial charge in [-0.15, -0.1) is 0 Å². The third-order valence-electron chi connectivity index (χ3n) is 1.95. The van der Waals surface area contributed by atoms with E-state index >= 15 is 0 Å². The van der Waals surface area contributed by atoms with Gasteiger partial charge in [0.25, 0.3) is 0 Å². The molecule has 1 rings (SSSR count). The van der Waals surface area contributed by atoms with E-state index in [9.17, 15) is 31.1 Å². The molecule has 0 unspecified atom stereocenters. The Morgan fingerprint density at radius 2 is 1.44 bits per heavy atom. The van der Waals surface area contributed by atoms with Gasteiger partial charge >= 0.3 is 18.3 Å². The van der Waals surface area contributed by atoms with Crippen LogP contribution in [0.15, 0.2) is 12.1 Å². The smallest absolute Gasteiger partial charge is 0.417 e. The summed E-state index contributed by atoms with van der Waals surface area (Å²) < 4.78 is 74.3. The molecule has 0 amide bonds. The monoisotopic (exact) mass is 292 g/mol. The second-order valence-electron chi connectivity index (χ2n) is 3.18. The van der Waals surface area contributed by atoms with Crippen LogP contribution in [0.3, 0.4) is 0 Å². The molecule has 0 bridgehead atoms. The van der Waals surface area contributed by atoms with Gasteiger partial charge in [-0.2, -0.15) is 26.3 Å². The topological polar surface area (TPSA) is 37.3 Å². The number of hydrogen-bond acceptors (Lipinski definition) is 1. The predicted octanol–water partition coefficient (Wildman–Crippen LogP) is 4.08. The van der Waals surface area contributed by atoms with Crippen LogP contribution in [0.25, 0.3) is 0 Å². The molecule has 100 valence electrons. The Morgan fingerprint density at radius 3 is 1.78 bits per heavy atom. The molecular weight excluding hydrogens is 290 g/mol. The van der Waals surface area contributed by atoms with Crippen molar-refractivity contribution in [2.24, 2.45) is 0 Å². The average Bonchev–Trinajstić information content (AvgIpc) is 2.13. The fourth-order valence-corrected chi connectivity index (χ4v) is 1.47. The van der Waals surface area contributed by atoms with Crippen molar-refractivity contribution in [3.05, 3.63) is 33.8 Å². The molecule has 2 nitrogen and oxygen atoms in total. The molecule has 0 atom stereocenters. The standard InChI is InChI=1S/C9H3ClF6O2/c10-6-2-4(8(11,12)13)3(7(17)18)1-5(6)9(14,15)16/h1-2H,(H,17,18). The summed E-state index contributed by atoms with van der Waals surface area (Å²) in [5.74, 6) is -2.12. The first-order chi connectivity index (χ1) is 7.94. The number of alkyl halides is 6. The van der Waals surface area contributed by atoms with Crippen LogP contribution in [0.1, 0.15) is 21.5 Å². The van der Waals surface area contributed by atoms with Gasteiger partial charge in [0.2, 0.25) is 0 Å². The van der Waals surface area contributed by atoms with E-state index in [1.165, 1.54) is 0 Å². The number of benzene rings is 1. The van der Waals surface area contributed by atoms with Crippen LogP contribution >= 0.6 is 11.6 Å². The zero-order valence-electron chi connectivity index (χ0n) is 8.16. The van der Waals surface area contributed by atoms with Crippen molar-refractivity contribution >= 4 is 17.6 Å². The van der Waals surface area contributed by atoms with Crippen LogP contribution in [0.2, 0.25) is 5.02 Å². The zero-order valence-corrected chi connectivity index (χ0v) is 8.91.